The highest BCUT2D eigenvalue weighted by molar-refractivity contribution is 5.37. The minimum atomic E-state index is -0.0417. The quantitative estimate of drug-likeness (QED) is 0.819. The van der Waals surface area contributed by atoms with Crippen molar-refractivity contribution in [2.24, 2.45) is 0 Å². The van der Waals surface area contributed by atoms with Gasteiger partial charge in [0.2, 0.25) is 0 Å². The maximum absolute atomic E-state index is 9.30. The molecule has 112 valence electrons. The highest BCUT2D eigenvalue weighted by atomic mass is 16.5. The lowest BCUT2D eigenvalue weighted by Crippen LogP contribution is -2.20. The zero-order valence-electron chi connectivity index (χ0n) is 12.5. The maximum Gasteiger partial charge on any atom is 0.145 e. The fraction of sp³-hybridized carbons (Fsp3) is 0.353. The van der Waals surface area contributed by atoms with Crippen LogP contribution in [0.5, 0.6) is 11.5 Å². The molecule has 0 fully saturated rings. The molecule has 0 aliphatic rings. The fourth-order valence-corrected chi connectivity index (χ4v) is 2.22. The van der Waals surface area contributed by atoms with Crippen LogP contribution in [0, 0.1) is 0 Å². The number of ether oxygens (including phenoxy) is 1. The molecule has 0 aliphatic carbocycles. The van der Waals surface area contributed by atoms with Gasteiger partial charge >= 0.3 is 0 Å². The van der Waals surface area contributed by atoms with Gasteiger partial charge in [0, 0.05) is 11.6 Å². The lowest BCUT2D eigenvalue weighted by atomic mass is 10.1. The summed E-state index contributed by atoms with van der Waals surface area (Å²) in [6.07, 6.45) is 2.72. The van der Waals surface area contributed by atoms with Crippen LogP contribution in [-0.2, 0) is 6.61 Å². The SMILES string of the molecule is CCNC(CC)c1ccc(Oc2ccccc2CO)cn1. The van der Waals surface area contributed by atoms with Crippen molar-refractivity contribution in [2.75, 3.05) is 6.54 Å². The van der Waals surface area contributed by atoms with E-state index in [2.05, 4.69) is 24.1 Å². The molecule has 0 saturated carbocycles. The number of para-hydroxylation sites is 1. The van der Waals surface area contributed by atoms with Crippen molar-refractivity contribution in [1.29, 1.82) is 0 Å². The van der Waals surface area contributed by atoms with E-state index in [1.165, 1.54) is 0 Å². The van der Waals surface area contributed by atoms with Crippen LogP contribution in [0.15, 0.2) is 42.6 Å². The van der Waals surface area contributed by atoms with Crippen molar-refractivity contribution in [2.45, 2.75) is 32.9 Å². The second-order valence-electron chi connectivity index (χ2n) is 4.81. The molecule has 4 nitrogen and oxygen atoms in total. The van der Waals surface area contributed by atoms with Crippen molar-refractivity contribution in [3.05, 3.63) is 53.9 Å². The maximum atomic E-state index is 9.30. The van der Waals surface area contributed by atoms with Crippen LogP contribution in [0.1, 0.15) is 37.6 Å². The molecule has 0 radical (unpaired) electrons. The largest absolute Gasteiger partial charge is 0.455 e. The van der Waals surface area contributed by atoms with Crippen molar-refractivity contribution in [3.8, 4) is 11.5 Å². The number of rotatable bonds is 7. The number of hydrogen-bond acceptors (Lipinski definition) is 4. The Hall–Kier alpha value is -1.91. The van der Waals surface area contributed by atoms with Crippen LogP contribution in [-0.4, -0.2) is 16.6 Å². The molecule has 0 spiro atoms. The predicted molar refractivity (Wildman–Crippen MR) is 83.4 cm³/mol. The van der Waals surface area contributed by atoms with Crippen LogP contribution in [0.2, 0.25) is 0 Å². The Bertz CT molecular complexity index is 555. The average Bonchev–Trinajstić information content (AvgIpc) is 2.54. The van der Waals surface area contributed by atoms with Crippen molar-refractivity contribution in [1.82, 2.24) is 10.3 Å². The summed E-state index contributed by atoms with van der Waals surface area (Å²) < 4.78 is 5.79. The summed E-state index contributed by atoms with van der Waals surface area (Å²) >= 11 is 0. The molecule has 1 atom stereocenters. The second kappa shape index (κ2) is 7.76. The lowest BCUT2D eigenvalue weighted by Gasteiger charge is -2.15. The highest BCUT2D eigenvalue weighted by Gasteiger charge is 2.09. The Morgan fingerprint density at radius 3 is 2.62 bits per heavy atom. The number of aliphatic hydroxyl groups excluding tert-OH is 1. The van der Waals surface area contributed by atoms with Crippen molar-refractivity contribution < 1.29 is 9.84 Å². The van der Waals surface area contributed by atoms with Crippen molar-refractivity contribution in [3.63, 3.8) is 0 Å². The predicted octanol–water partition coefficient (Wildman–Crippen LogP) is 3.43. The molecule has 1 aromatic heterocycles. The van der Waals surface area contributed by atoms with Crippen LogP contribution in [0.4, 0.5) is 0 Å². The Kier molecular flexibility index (Phi) is 5.72. The van der Waals surface area contributed by atoms with Gasteiger partial charge in [0.25, 0.3) is 0 Å². The zero-order chi connectivity index (χ0) is 15.1. The normalized spacial score (nSPS) is 12.1. The van der Waals surface area contributed by atoms with Gasteiger partial charge in [0.05, 0.1) is 18.5 Å². The third-order valence-corrected chi connectivity index (χ3v) is 3.35. The first kappa shape index (κ1) is 15.5. The molecule has 0 saturated heterocycles. The number of nitrogens with one attached hydrogen (secondary N) is 1. The number of hydrogen-bond donors (Lipinski definition) is 2. The Balaban J connectivity index is 2.12. The molecule has 2 aromatic rings. The van der Waals surface area contributed by atoms with Gasteiger partial charge in [-0.2, -0.15) is 0 Å². The van der Waals surface area contributed by atoms with E-state index in [9.17, 15) is 5.11 Å². The van der Waals surface area contributed by atoms with Gasteiger partial charge < -0.3 is 15.2 Å². The third kappa shape index (κ3) is 4.03. The Morgan fingerprint density at radius 1 is 1.19 bits per heavy atom. The summed E-state index contributed by atoms with van der Waals surface area (Å²) in [5, 5.41) is 12.7. The first-order chi connectivity index (χ1) is 10.3. The van der Waals surface area contributed by atoms with E-state index in [1.807, 2.05) is 36.4 Å². The van der Waals surface area contributed by atoms with E-state index in [4.69, 9.17) is 4.74 Å². The summed E-state index contributed by atoms with van der Waals surface area (Å²) in [5.74, 6) is 1.33. The van der Waals surface area contributed by atoms with Crippen LogP contribution in [0.3, 0.4) is 0 Å². The molecule has 21 heavy (non-hydrogen) atoms. The van der Waals surface area contributed by atoms with Crippen molar-refractivity contribution >= 4 is 0 Å². The number of nitrogens with zero attached hydrogens (tertiary/aromatic N) is 1. The third-order valence-electron chi connectivity index (χ3n) is 3.35. The van der Waals surface area contributed by atoms with Gasteiger partial charge in [0.1, 0.15) is 11.5 Å². The minimum absolute atomic E-state index is 0.0417. The summed E-state index contributed by atoms with van der Waals surface area (Å²) in [5.41, 5.74) is 1.78. The highest BCUT2D eigenvalue weighted by Crippen LogP contribution is 2.25. The molecule has 0 amide bonds. The molecule has 0 bridgehead atoms. The van der Waals surface area contributed by atoms with Gasteiger partial charge in [0.15, 0.2) is 0 Å². The van der Waals surface area contributed by atoms with E-state index in [0.717, 1.165) is 24.2 Å². The molecule has 2 N–H and O–H groups in total. The number of pyridine rings is 1. The molecular weight excluding hydrogens is 264 g/mol. The fourth-order valence-electron chi connectivity index (χ4n) is 2.22. The van der Waals surface area contributed by atoms with Gasteiger partial charge in [-0.1, -0.05) is 32.0 Å². The number of aromatic nitrogens is 1. The number of aliphatic hydroxyl groups is 1. The van der Waals surface area contributed by atoms with Gasteiger partial charge in [-0.15, -0.1) is 0 Å². The summed E-state index contributed by atoms with van der Waals surface area (Å²) in [7, 11) is 0. The first-order valence-corrected chi connectivity index (χ1v) is 7.34. The summed E-state index contributed by atoms with van der Waals surface area (Å²) in [4.78, 5) is 4.47. The molecule has 0 aliphatic heterocycles. The second-order valence-corrected chi connectivity index (χ2v) is 4.81. The topological polar surface area (TPSA) is 54.4 Å². The molecule has 1 unspecified atom stereocenters. The Morgan fingerprint density at radius 2 is 2.00 bits per heavy atom. The molecular formula is C17H22N2O2. The minimum Gasteiger partial charge on any atom is -0.455 e. The van der Waals surface area contributed by atoms with E-state index in [1.54, 1.807) is 6.20 Å². The molecule has 4 heteroatoms. The number of benzene rings is 1. The lowest BCUT2D eigenvalue weighted by molar-refractivity contribution is 0.276. The summed E-state index contributed by atoms with van der Waals surface area (Å²) in [6.45, 7) is 5.10. The summed E-state index contributed by atoms with van der Waals surface area (Å²) in [6, 6.07) is 11.6. The molecule has 1 heterocycles. The van der Waals surface area contributed by atoms with Crippen LogP contribution >= 0.6 is 0 Å². The monoisotopic (exact) mass is 286 g/mol. The van der Waals surface area contributed by atoms with Gasteiger partial charge in [-0.3, -0.25) is 4.98 Å². The standard InChI is InChI=1S/C17H22N2O2/c1-3-15(18-4-2)16-10-9-14(11-19-16)21-17-8-6-5-7-13(17)12-20/h5-11,15,18,20H,3-4,12H2,1-2H3. The zero-order valence-corrected chi connectivity index (χ0v) is 12.5. The van der Waals surface area contributed by atoms with Crippen LogP contribution < -0.4 is 10.1 Å². The van der Waals surface area contributed by atoms with E-state index < -0.39 is 0 Å². The van der Waals surface area contributed by atoms with E-state index >= 15 is 0 Å². The molecule has 2 rings (SSSR count). The van der Waals surface area contributed by atoms with E-state index in [-0.39, 0.29) is 12.6 Å². The van der Waals surface area contributed by atoms with Crippen LogP contribution in [0.25, 0.3) is 0 Å². The van der Waals surface area contributed by atoms with Gasteiger partial charge in [-0.25, -0.2) is 0 Å². The smallest absolute Gasteiger partial charge is 0.145 e. The van der Waals surface area contributed by atoms with E-state index in [0.29, 0.717) is 11.5 Å². The van der Waals surface area contributed by atoms with Gasteiger partial charge in [-0.05, 0) is 31.2 Å². The molecule has 1 aromatic carbocycles. The Labute approximate surface area is 125 Å². The average molecular weight is 286 g/mol. The first-order valence-electron chi connectivity index (χ1n) is 7.34.